The maximum absolute atomic E-state index is 12.3. The average molecular weight is 292 g/mol. The minimum Gasteiger partial charge on any atom is -0.351 e. The lowest BCUT2D eigenvalue weighted by Crippen LogP contribution is -2.49. The molecule has 2 aromatic rings. The molecule has 3 rings (SSSR count). The number of hydrogen-bond donors (Lipinski definition) is 3. The van der Waals surface area contributed by atoms with Crippen molar-refractivity contribution < 1.29 is 4.79 Å². The molecule has 1 aliphatic carbocycles. The van der Waals surface area contributed by atoms with Crippen molar-refractivity contribution in [3.8, 4) is 0 Å². The molecule has 2 atom stereocenters. The molecule has 20 heavy (non-hydrogen) atoms. The molecule has 0 bridgehead atoms. The van der Waals surface area contributed by atoms with Crippen LogP contribution in [0.3, 0.4) is 0 Å². The normalized spacial score (nSPS) is 22.9. The number of nitrogens with two attached hydrogens (primary N) is 1. The quantitative estimate of drug-likeness (QED) is 0.796. The molecular weight excluding hydrogens is 274 g/mol. The van der Waals surface area contributed by atoms with Crippen molar-refractivity contribution in [2.75, 3.05) is 0 Å². The number of hydrogen-bond acceptors (Lipinski definition) is 2. The van der Waals surface area contributed by atoms with Crippen LogP contribution in [0.2, 0.25) is 5.02 Å². The van der Waals surface area contributed by atoms with Gasteiger partial charge in [0.1, 0.15) is 5.69 Å². The van der Waals surface area contributed by atoms with Gasteiger partial charge in [0.15, 0.2) is 0 Å². The second-order valence-electron chi connectivity index (χ2n) is 5.44. The van der Waals surface area contributed by atoms with Gasteiger partial charge in [-0.25, -0.2) is 0 Å². The highest BCUT2D eigenvalue weighted by molar-refractivity contribution is 6.31. The van der Waals surface area contributed by atoms with Crippen molar-refractivity contribution in [2.45, 2.75) is 37.8 Å². The van der Waals surface area contributed by atoms with E-state index in [4.69, 9.17) is 17.3 Å². The second-order valence-corrected chi connectivity index (χ2v) is 5.88. The van der Waals surface area contributed by atoms with Crippen LogP contribution in [0, 0.1) is 0 Å². The first-order valence-electron chi connectivity index (χ1n) is 6.98. The van der Waals surface area contributed by atoms with Gasteiger partial charge in [0.2, 0.25) is 0 Å². The number of nitrogens with one attached hydrogen (secondary N) is 2. The first-order chi connectivity index (χ1) is 9.63. The standard InChI is InChI=1S/C15H18ClN3O/c16-10-5-6-12-9(7-10)8-14(18-12)15(20)19-13-4-2-1-3-11(13)17/h5-8,11,13,18H,1-4,17H2,(H,19,20)/t11-,13+/m1/s1. The summed E-state index contributed by atoms with van der Waals surface area (Å²) in [6.45, 7) is 0. The summed E-state index contributed by atoms with van der Waals surface area (Å²) in [5, 5.41) is 4.64. The van der Waals surface area contributed by atoms with Gasteiger partial charge < -0.3 is 16.0 Å². The van der Waals surface area contributed by atoms with Crippen molar-refractivity contribution in [2.24, 2.45) is 5.73 Å². The molecule has 1 aromatic carbocycles. The third-order valence-electron chi connectivity index (χ3n) is 3.96. The molecule has 106 valence electrons. The Morgan fingerprint density at radius 1 is 1.30 bits per heavy atom. The summed E-state index contributed by atoms with van der Waals surface area (Å²) >= 11 is 5.95. The molecule has 1 fully saturated rings. The molecule has 1 aromatic heterocycles. The Hall–Kier alpha value is -1.52. The maximum atomic E-state index is 12.3. The monoisotopic (exact) mass is 291 g/mol. The zero-order valence-electron chi connectivity index (χ0n) is 11.2. The summed E-state index contributed by atoms with van der Waals surface area (Å²) in [5.41, 5.74) is 7.52. The highest BCUT2D eigenvalue weighted by Crippen LogP contribution is 2.21. The van der Waals surface area contributed by atoms with Crippen molar-refractivity contribution in [3.63, 3.8) is 0 Å². The van der Waals surface area contributed by atoms with E-state index in [1.54, 1.807) is 6.07 Å². The van der Waals surface area contributed by atoms with Crippen molar-refractivity contribution in [3.05, 3.63) is 35.0 Å². The van der Waals surface area contributed by atoms with Gasteiger partial charge in [-0.15, -0.1) is 0 Å². The molecule has 0 saturated heterocycles. The zero-order valence-corrected chi connectivity index (χ0v) is 11.9. The van der Waals surface area contributed by atoms with Gasteiger partial charge >= 0.3 is 0 Å². The van der Waals surface area contributed by atoms with Crippen LogP contribution in [-0.2, 0) is 0 Å². The van der Waals surface area contributed by atoms with Gasteiger partial charge in [0.25, 0.3) is 5.91 Å². The van der Waals surface area contributed by atoms with Gasteiger partial charge in [0, 0.05) is 28.0 Å². The van der Waals surface area contributed by atoms with Crippen molar-refractivity contribution in [1.29, 1.82) is 0 Å². The lowest BCUT2D eigenvalue weighted by molar-refractivity contribution is 0.0917. The summed E-state index contributed by atoms with van der Waals surface area (Å²) in [6.07, 6.45) is 4.21. The Morgan fingerprint density at radius 3 is 2.90 bits per heavy atom. The largest absolute Gasteiger partial charge is 0.351 e. The van der Waals surface area contributed by atoms with Crippen molar-refractivity contribution >= 4 is 28.4 Å². The SMILES string of the molecule is N[C@@H]1CCCC[C@@H]1NC(=O)c1cc2cc(Cl)ccc2[nH]1. The van der Waals surface area contributed by atoms with E-state index in [2.05, 4.69) is 10.3 Å². The van der Waals surface area contributed by atoms with Crippen LogP contribution in [0.1, 0.15) is 36.2 Å². The Balaban J connectivity index is 1.78. The van der Waals surface area contributed by atoms with E-state index >= 15 is 0 Å². The number of fused-ring (bicyclic) bond motifs is 1. The van der Waals surface area contributed by atoms with Gasteiger partial charge in [0.05, 0.1) is 0 Å². The molecule has 4 nitrogen and oxygen atoms in total. The molecule has 0 spiro atoms. The number of rotatable bonds is 2. The number of aromatic amines is 1. The number of aromatic nitrogens is 1. The minimum absolute atomic E-state index is 0.0616. The van der Waals surface area contributed by atoms with Gasteiger partial charge in [-0.2, -0.15) is 0 Å². The molecule has 1 heterocycles. The second kappa shape index (κ2) is 5.46. The zero-order chi connectivity index (χ0) is 14.1. The smallest absolute Gasteiger partial charge is 0.268 e. The van der Waals surface area contributed by atoms with Crippen LogP contribution in [0.15, 0.2) is 24.3 Å². The fourth-order valence-corrected chi connectivity index (χ4v) is 2.99. The topological polar surface area (TPSA) is 70.9 Å². The molecule has 1 amide bonds. The lowest BCUT2D eigenvalue weighted by atomic mass is 9.91. The first kappa shape index (κ1) is 13.5. The van der Waals surface area contributed by atoms with Crippen LogP contribution < -0.4 is 11.1 Å². The first-order valence-corrected chi connectivity index (χ1v) is 7.36. The van der Waals surface area contributed by atoms with Crippen LogP contribution >= 0.6 is 11.6 Å². The summed E-state index contributed by atoms with van der Waals surface area (Å²) in [7, 11) is 0. The minimum atomic E-state index is -0.0975. The number of carbonyl (C=O) groups is 1. The number of carbonyl (C=O) groups excluding carboxylic acids is 1. The van der Waals surface area contributed by atoms with E-state index in [-0.39, 0.29) is 18.0 Å². The number of H-pyrrole nitrogens is 1. The predicted molar refractivity (Wildman–Crippen MR) is 81.0 cm³/mol. The van der Waals surface area contributed by atoms with Crippen LogP contribution in [-0.4, -0.2) is 23.0 Å². The van der Waals surface area contributed by atoms with E-state index in [0.29, 0.717) is 10.7 Å². The van der Waals surface area contributed by atoms with E-state index < -0.39 is 0 Å². The van der Waals surface area contributed by atoms with Gasteiger partial charge in [-0.1, -0.05) is 24.4 Å². The fraction of sp³-hybridized carbons (Fsp3) is 0.400. The Kier molecular flexibility index (Phi) is 3.68. The molecule has 1 saturated carbocycles. The summed E-state index contributed by atoms with van der Waals surface area (Å²) < 4.78 is 0. The van der Waals surface area contributed by atoms with E-state index in [1.807, 2.05) is 18.2 Å². The Bertz CT molecular complexity index is 637. The van der Waals surface area contributed by atoms with Crippen LogP contribution in [0.5, 0.6) is 0 Å². The summed E-state index contributed by atoms with van der Waals surface area (Å²) in [5.74, 6) is -0.0975. The number of amides is 1. The predicted octanol–water partition coefficient (Wildman–Crippen LogP) is 2.82. The molecule has 0 aliphatic heterocycles. The molecular formula is C15H18ClN3O. The van der Waals surface area contributed by atoms with Gasteiger partial charge in [-0.3, -0.25) is 4.79 Å². The van der Waals surface area contributed by atoms with Crippen molar-refractivity contribution in [1.82, 2.24) is 10.3 Å². The molecule has 0 radical (unpaired) electrons. The lowest BCUT2D eigenvalue weighted by Gasteiger charge is -2.29. The summed E-state index contributed by atoms with van der Waals surface area (Å²) in [6, 6.07) is 7.49. The molecule has 0 unspecified atom stereocenters. The van der Waals surface area contributed by atoms with Crippen LogP contribution in [0.25, 0.3) is 10.9 Å². The average Bonchev–Trinajstić information content (AvgIpc) is 2.84. The highest BCUT2D eigenvalue weighted by atomic mass is 35.5. The Labute approximate surface area is 122 Å². The third-order valence-corrected chi connectivity index (χ3v) is 4.20. The third kappa shape index (κ3) is 2.67. The van der Waals surface area contributed by atoms with Crippen LogP contribution in [0.4, 0.5) is 0 Å². The van der Waals surface area contributed by atoms with E-state index in [9.17, 15) is 4.79 Å². The van der Waals surface area contributed by atoms with E-state index in [0.717, 1.165) is 36.6 Å². The highest BCUT2D eigenvalue weighted by Gasteiger charge is 2.24. The van der Waals surface area contributed by atoms with E-state index in [1.165, 1.54) is 0 Å². The molecule has 4 N–H and O–H groups in total. The molecule has 1 aliphatic rings. The number of benzene rings is 1. The maximum Gasteiger partial charge on any atom is 0.268 e. The van der Waals surface area contributed by atoms with Gasteiger partial charge in [-0.05, 0) is 37.1 Å². The summed E-state index contributed by atoms with van der Waals surface area (Å²) in [4.78, 5) is 15.4. The molecule has 5 heteroatoms. The number of halogens is 1. The fourth-order valence-electron chi connectivity index (χ4n) is 2.81. The Morgan fingerprint density at radius 2 is 2.10 bits per heavy atom.